The molecule has 33 heavy (non-hydrogen) atoms. The van der Waals surface area contributed by atoms with Crippen molar-refractivity contribution in [3.8, 4) is 11.3 Å². The minimum Gasteiger partial charge on any atom is -0.456 e. The van der Waals surface area contributed by atoms with Gasteiger partial charge in [-0.2, -0.15) is 5.10 Å². The van der Waals surface area contributed by atoms with Crippen molar-refractivity contribution < 1.29 is 9.53 Å². The summed E-state index contributed by atoms with van der Waals surface area (Å²) >= 11 is 0. The van der Waals surface area contributed by atoms with Gasteiger partial charge in [0.05, 0.1) is 28.0 Å². The average molecular weight is 439 g/mol. The fourth-order valence-electron chi connectivity index (χ4n) is 3.91. The first-order valence-corrected chi connectivity index (χ1v) is 10.5. The number of aryl methyl sites for hydroxylation is 3. The maximum Gasteiger partial charge on any atom is 0.339 e. The van der Waals surface area contributed by atoms with Gasteiger partial charge in [0.2, 0.25) is 0 Å². The van der Waals surface area contributed by atoms with E-state index in [1.165, 1.54) is 10.5 Å². The van der Waals surface area contributed by atoms with E-state index in [-0.39, 0.29) is 12.2 Å². The van der Waals surface area contributed by atoms with Crippen LogP contribution in [0, 0.1) is 13.8 Å². The number of carbonyl (C=O) groups excluding carboxylic acids is 1. The summed E-state index contributed by atoms with van der Waals surface area (Å²) in [5, 5.41) is 5.07. The molecule has 0 aliphatic rings. The summed E-state index contributed by atoms with van der Waals surface area (Å²) in [7, 11) is 1.79. The molecule has 164 valence electrons. The maximum atomic E-state index is 13.2. The molecule has 0 radical (unpaired) electrons. The zero-order valence-electron chi connectivity index (χ0n) is 18.4. The first kappa shape index (κ1) is 20.6. The predicted octanol–water partition coefficient (Wildman–Crippen LogP) is 3.62. The number of ether oxygens (including phenoxy) is 1. The van der Waals surface area contributed by atoms with Gasteiger partial charge in [-0.05, 0) is 37.6 Å². The summed E-state index contributed by atoms with van der Waals surface area (Å²) in [5.74, 6) is -0.526. The number of pyridine rings is 2. The van der Waals surface area contributed by atoms with Gasteiger partial charge < -0.3 is 4.74 Å². The summed E-state index contributed by atoms with van der Waals surface area (Å²) in [6.07, 6.45) is 1.68. The Kier molecular flexibility index (Phi) is 4.97. The van der Waals surface area contributed by atoms with Gasteiger partial charge in [-0.1, -0.05) is 30.3 Å². The summed E-state index contributed by atoms with van der Waals surface area (Å²) in [6.45, 7) is 3.63. The van der Waals surface area contributed by atoms with E-state index in [2.05, 4.69) is 10.1 Å². The molecule has 0 amide bonds. The highest BCUT2D eigenvalue weighted by molar-refractivity contribution is 6.05. The second-order valence-corrected chi connectivity index (χ2v) is 7.92. The van der Waals surface area contributed by atoms with Crippen molar-refractivity contribution in [2.75, 3.05) is 0 Å². The molecule has 8 heteroatoms. The molecule has 5 rings (SSSR count). The van der Waals surface area contributed by atoms with Crippen LogP contribution in [-0.2, 0) is 18.4 Å². The standard InChI is InChI=1S/C25H21N5O3/c1-15-9-10-30-21(11-15)26-18(12-22(30)31)14-33-25(32)19-13-20(17-7-5-4-6-8-17)27-24-23(19)16(2)28-29(24)3/h4-13H,14H2,1-3H3. The molecular weight excluding hydrogens is 418 g/mol. The lowest BCUT2D eigenvalue weighted by atomic mass is 10.1. The molecule has 5 aromatic rings. The maximum absolute atomic E-state index is 13.2. The molecule has 0 bridgehead atoms. The minimum absolute atomic E-state index is 0.123. The molecular formula is C25H21N5O3. The van der Waals surface area contributed by atoms with E-state index in [1.807, 2.05) is 56.3 Å². The van der Waals surface area contributed by atoms with Crippen LogP contribution < -0.4 is 5.56 Å². The van der Waals surface area contributed by atoms with Gasteiger partial charge >= 0.3 is 5.97 Å². The number of carbonyl (C=O) groups is 1. The zero-order valence-corrected chi connectivity index (χ0v) is 18.4. The number of benzene rings is 1. The highest BCUT2D eigenvalue weighted by atomic mass is 16.5. The van der Waals surface area contributed by atoms with Crippen molar-refractivity contribution in [3.63, 3.8) is 0 Å². The third-order valence-electron chi connectivity index (χ3n) is 5.49. The number of hydrogen-bond acceptors (Lipinski definition) is 6. The third kappa shape index (κ3) is 3.76. The molecule has 4 aromatic heterocycles. The summed E-state index contributed by atoms with van der Waals surface area (Å²) in [4.78, 5) is 34.8. The largest absolute Gasteiger partial charge is 0.456 e. The Bertz CT molecular complexity index is 1590. The van der Waals surface area contributed by atoms with E-state index in [9.17, 15) is 9.59 Å². The molecule has 0 saturated heterocycles. The van der Waals surface area contributed by atoms with Crippen LogP contribution in [0.4, 0.5) is 0 Å². The van der Waals surface area contributed by atoms with Crippen molar-refractivity contribution in [1.29, 1.82) is 0 Å². The molecule has 0 atom stereocenters. The average Bonchev–Trinajstić information content (AvgIpc) is 3.10. The van der Waals surface area contributed by atoms with E-state index in [0.717, 1.165) is 11.1 Å². The van der Waals surface area contributed by atoms with Crippen molar-refractivity contribution in [1.82, 2.24) is 24.1 Å². The van der Waals surface area contributed by atoms with Crippen LogP contribution in [0.5, 0.6) is 0 Å². The predicted molar refractivity (Wildman–Crippen MR) is 124 cm³/mol. The van der Waals surface area contributed by atoms with E-state index < -0.39 is 5.97 Å². The lowest BCUT2D eigenvalue weighted by molar-refractivity contribution is 0.0470. The molecule has 0 saturated carbocycles. The smallest absolute Gasteiger partial charge is 0.339 e. The van der Waals surface area contributed by atoms with E-state index in [0.29, 0.717) is 39.3 Å². The van der Waals surface area contributed by atoms with Gasteiger partial charge in [-0.15, -0.1) is 0 Å². The Morgan fingerprint density at radius 2 is 1.82 bits per heavy atom. The molecule has 0 unspecified atom stereocenters. The lowest BCUT2D eigenvalue weighted by Gasteiger charge is -2.09. The molecule has 0 fully saturated rings. The SMILES string of the molecule is Cc1ccn2c(=O)cc(COC(=O)c3cc(-c4ccccc4)nc4c3c(C)nn4C)nc2c1. The highest BCUT2D eigenvalue weighted by Crippen LogP contribution is 2.27. The quantitative estimate of drug-likeness (QED) is 0.397. The number of fused-ring (bicyclic) bond motifs is 2. The van der Waals surface area contributed by atoms with Gasteiger partial charge in [0.1, 0.15) is 12.3 Å². The summed E-state index contributed by atoms with van der Waals surface area (Å²) in [6, 6.07) is 16.4. The Morgan fingerprint density at radius 1 is 1.03 bits per heavy atom. The van der Waals surface area contributed by atoms with Gasteiger partial charge in [-0.25, -0.2) is 14.8 Å². The van der Waals surface area contributed by atoms with Crippen LogP contribution in [0.15, 0.2) is 65.6 Å². The van der Waals surface area contributed by atoms with E-state index >= 15 is 0 Å². The number of nitrogens with zero attached hydrogens (tertiary/aromatic N) is 5. The first-order valence-electron chi connectivity index (χ1n) is 10.5. The number of rotatable bonds is 4. The Labute approximate surface area is 189 Å². The normalized spacial score (nSPS) is 11.2. The summed E-state index contributed by atoms with van der Waals surface area (Å²) < 4.78 is 8.71. The summed E-state index contributed by atoms with van der Waals surface area (Å²) in [5.41, 5.74) is 4.83. The van der Waals surface area contributed by atoms with Crippen molar-refractivity contribution >= 4 is 22.6 Å². The fraction of sp³-hybridized carbons (Fsp3) is 0.160. The lowest BCUT2D eigenvalue weighted by Crippen LogP contribution is -2.17. The molecule has 0 aliphatic carbocycles. The van der Waals surface area contributed by atoms with Crippen LogP contribution >= 0.6 is 0 Å². The highest BCUT2D eigenvalue weighted by Gasteiger charge is 2.20. The fourth-order valence-corrected chi connectivity index (χ4v) is 3.91. The topological polar surface area (TPSA) is 91.4 Å². The molecule has 8 nitrogen and oxygen atoms in total. The van der Waals surface area contributed by atoms with Crippen LogP contribution in [0.2, 0.25) is 0 Å². The number of hydrogen-bond donors (Lipinski definition) is 0. The van der Waals surface area contributed by atoms with Crippen LogP contribution in [-0.4, -0.2) is 30.1 Å². The van der Waals surface area contributed by atoms with Crippen LogP contribution in [0.3, 0.4) is 0 Å². The third-order valence-corrected chi connectivity index (χ3v) is 5.49. The molecule has 1 aromatic carbocycles. The Morgan fingerprint density at radius 3 is 2.61 bits per heavy atom. The molecule has 0 N–H and O–H groups in total. The van der Waals surface area contributed by atoms with Gasteiger partial charge in [-0.3, -0.25) is 13.9 Å². The van der Waals surface area contributed by atoms with Gasteiger partial charge in [0, 0.05) is 24.9 Å². The minimum atomic E-state index is -0.526. The van der Waals surface area contributed by atoms with E-state index in [4.69, 9.17) is 9.72 Å². The van der Waals surface area contributed by atoms with Crippen LogP contribution in [0.1, 0.15) is 27.3 Å². The molecule has 0 aliphatic heterocycles. The van der Waals surface area contributed by atoms with Gasteiger partial charge in [0.25, 0.3) is 5.56 Å². The second-order valence-electron chi connectivity index (χ2n) is 7.92. The Hall–Kier alpha value is -4.33. The van der Waals surface area contributed by atoms with Gasteiger partial charge in [0.15, 0.2) is 5.65 Å². The van der Waals surface area contributed by atoms with Crippen molar-refractivity contribution in [2.45, 2.75) is 20.5 Å². The zero-order chi connectivity index (χ0) is 23.1. The Balaban J connectivity index is 1.52. The number of esters is 1. The van der Waals surface area contributed by atoms with Crippen molar-refractivity contribution in [3.05, 3.63) is 93.7 Å². The number of aromatic nitrogens is 5. The van der Waals surface area contributed by atoms with Crippen molar-refractivity contribution in [2.24, 2.45) is 7.05 Å². The first-order chi connectivity index (χ1) is 15.9. The molecule has 0 spiro atoms. The second kappa shape index (κ2) is 7.98. The monoisotopic (exact) mass is 439 g/mol. The molecule has 4 heterocycles. The van der Waals surface area contributed by atoms with E-state index in [1.54, 1.807) is 24.0 Å². The van der Waals surface area contributed by atoms with Crippen LogP contribution in [0.25, 0.3) is 27.9 Å².